The summed E-state index contributed by atoms with van der Waals surface area (Å²) in [5.41, 5.74) is 1.26. The Morgan fingerprint density at radius 3 is 1.90 bits per heavy atom. The number of benzene rings is 1. The van der Waals surface area contributed by atoms with Gasteiger partial charge in [-0.25, -0.2) is 0 Å². The van der Waals surface area contributed by atoms with E-state index < -0.39 is 0 Å². The zero-order valence-corrected chi connectivity index (χ0v) is 12.6. The number of rotatable bonds is 2. The van der Waals surface area contributed by atoms with Crippen molar-refractivity contribution in [3.63, 3.8) is 0 Å². The van der Waals surface area contributed by atoms with Gasteiger partial charge in [-0.2, -0.15) is 5.26 Å². The average molecular weight is 269 g/mol. The van der Waals surface area contributed by atoms with E-state index in [4.69, 9.17) is 9.31 Å². The summed E-state index contributed by atoms with van der Waals surface area (Å²) in [6.07, 6.45) is 1.94. The second kappa shape index (κ2) is 4.10. The predicted octanol–water partition coefficient (Wildman–Crippen LogP) is 2.54. The van der Waals surface area contributed by atoms with Crippen molar-refractivity contribution < 1.29 is 9.31 Å². The van der Waals surface area contributed by atoms with Gasteiger partial charge in [-0.3, -0.25) is 0 Å². The minimum absolute atomic E-state index is 0.228. The summed E-state index contributed by atoms with van der Waals surface area (Å²) in [6.45, 7) is 8.21. The molecule has 4 heteroatoms. The Balaban J connectivity index is 1.82. The van der Waals surface area contributed by atoms with Crippen molar-refractivity contribution in [2.75, 3.05) is 0 Å². The minimum Gasteiger partial charge on any atom is -0.399 e. The van der Waals surface area contributed by atoms with E-state index in [1.807, 2.05) is 24.3 Å². The van der Waals surface area contributed by atoms with E-state index in [9.17, 15) is 5.26 Å². The Morgan fingerprint density at radius 1 is 1.00 bits per heavy atom. The van der Waals surface area contributed by atoms with Crippen molar-refractivity contribution >= 4 is 12.6 Å². The molecule has 0 atom stereocenters. The van der Waals surface area contributed by atoms with E-state index in [0.29, 0.717) is 0 Å². The summed E-state index contributed by atoms with van der Waals surface area (Å²) in [7, 11) is -0.328. The fraction of sp³-hybridized carbons (Fsp3) is 0.562. The van der Waals surface area contributed by atoms with Gasteiger partial charge in [-0.15, -0.1) is 0 Å². The molecule has 1 aromatic carbocycles. The van der Waals surface area contributed by atoms with Crippen molar-refractivity contribution in [3.05, 3.63) is 29.8 Å². The maximum atomic E-state index is 9.23. The summed E-state index contributed by atoms with van der Waals surface area (Å²) in [6, 6.07) is 10.5. The molecule has 1 saturated carbocycles. The van der Waals surface area contributed by atoms with Crippen LogP contribution in [0, 0.1) is 11.3 Å². The fourth-order valence-corrected chi connectivity index (χ4v) is 2.53. The van der Waals surface area contributed by atoms with Crippen molar-refractivity contribution in [1.82, 2.24) is 0 Å². The molecule has 1 saturated heterocycles. The van der Waals surface area contributed by atoms with Crippen LogP contribution >= 0.6 is 0 Å². The summed E-state index contributed by atoms with van der Waals surface area (Å²) >= 11 is 0. The van der Waals surface area contributed by atoms with Gasteiger partial charge in [-0.05, 0) is 51.6 Å². The molecule has 0 aromatic heterocycles. The SMILES string of the molecule is CC1(C)OB(c2ccc(C3(C#N)CC3)cc2)OC1(C)C. The fourth-order valence-electron chi connectivity index (χ4n) is 2.53. The van der Waals surface area contributed by atoms with E-state index in [-0.39, 0.29) is 23.7 Å². The number of nitrogens with zero attached hydrogens (tertiary/aromatic N) is 1. The molecule has 104 valence electrons. The van der Waals surface area contributed by atoms with Gasteiger partial charge in [0, 0.05) is 0 Å². The monoisotopic (exact) mass is 269 g/mol. The molecular formula is C16H20BNO2. The maximum absolute atomic E-state index is 9.23. The third-order valence-corrected chi connectivity index (χ3v) is 4.95. The molecule has 0 bridgehead atoms. The summed E-state index contributed by atoms with van der Waals surface area (Å²) in [4.78, 5) is 0. The molecule has 1 aromatic rings. The molecule has 3 nitrogen and oxygen atoms in total. The summed E-state index contributed by atoms with van der Waals surface area (Å²) in [5, 5.41) is 9.23. The standard InChI is InChI=1S/C16H20BNO2/c1-14(2)15(3,4)20-17(19-14)13-7-5-12(6-8-13)16(11-18)9-10-16/h5-8H,9-10H2,1-4H3. The van der Waals surface area contributed by atoms with Gasteiger partial charge in [-0.1, -0.05) is 24.3 Å². The Bertz CT molecular complexity index is 551. The Kier molecular flexibility index (Phi) is 2.80. The minimum atomic E-state index is -0.328. The Hall–Kier alpha value is -1.31. The first-order valence-electron chi connectivity index (χ1n) is 7.17. The number of hydrogen-bond acceptors (Lipinski definition) is 3. The van der Waals surface area contributed by atoms with Crippen LogP contribution in [0.15, 0.2) is 24.3 Å². The molecular weight excluding hydrogens is 249 g/mol. The highest BCUT2D eigenvalue weighted by molar-refractivity contribution is 6.62. The van der Waals surface area contributed by atoms with Gasteiger partial charge in [0.05, 0.1) is 22.7 Å². The average Bonchev–Trinajstić information content (AvgIpc) is 3.14. The van der Waals surface area contributed by atoms with Crippen LogP contribution in [0.25, 0.3) is 0 Å². The molecule has 20 heavy (non-hydrogen) atoms. The molecule has 0 radical (unpaired) electrons. The van der Waals surface area contributed by atoms with Gasteiger partial charge in [0.25, 0.3) is 0 Å². The molecule has 1 heterocycles. The van der Waals surface area contributed by atoms with Crippen LogP contribution in [-0.2, 0) is 14.7 Å². The van der Waals surface area contributed by atoms with Crippen LogP contribution in [0.5, 0.6) is 0 Å². The second-order valence-electron chi connectivity index (χ2n) is 6.90. The van der Waals surface area contributed by atoms with Crippen LogP contribution in [-0.4, -0.2) is 18.3 Å². The molecule has 2 aliphatic rings. The smallest absolute Gasteiger partial charge is 0.399 e. The molecule has 1 aliphatic carbocycles. The van der Waals surface area contributed by atoms with Crippen LogP contribution in [0.3, 0.4) is 0 Å². The highest BCUT2D eigenvalue weighted by atomic mass is 16.7. The van der Waals surface area contributed by atoms with Crippen LogP contribution in [0.4, 0.5) is 0 Å². The first kappa shape index (κ1) is 13.7. The molecule has 1 aliphatic heterocycles. The van der Waals surface area contributed by atoms with Crippen molar-refractivity contribution in [1.29, 1.82) is 5.26 Å². The van der Waals surface area contributed by atoms with Crippen LogP contribution in [0.1, 0.15) is 46.1 Å². The molecule has 3 rings (SSSR count). The van der Waals surface area contributed by atoms with Crippen molar-refractivity contribution in [2.45, 2.75) is 57.2 Å². The van der Waals surface area contributed by atoms with E-state index in [2.05, 4.69) is 33.8 Å². The topological polar surface area (TPSA) is 42.2 Å². The van der Waals surface area contributed by atoms with Gasteiger partial charge < -0.3 is 9.31 Å². The van der Waals surface area contributed by atoms with Crippen LogP contribution < -0.4 is 5.46 Å². The number of hydrogen-bond donors (Lipinski definition) is 0. The summed E-state index contributed by atoms with van der Waals surface area (Å²) < 4.78 is 12.1. The van der Waals surface area contributed by atoms with E-state index in [0.717, 1.165) is 23.9 Å². The second-order valence-corrected chi connectivity index (χ2v) is 6.90. The van der Waals surface area contributed by atoms with Gasteiger partial charge in [0.15, 0.2) is 0 Å². The van der Waals surface area contributed by atoms with E-state index in [1.165, 1.54) is 0 Å². The Labute approximate surface area is 121 Å². The highest BCUT2D eigenvalue weighted by Crippen LogP contribution is 2.47. The molecule has 0 N–H and O–H groups in total. The first-order chi connectivity index (χ1) is 9.30. The Morgan fingerprint density at radius 2 is 1.50 bits per heavy atom. The third-order valence-electron chi connectivity index (χ3n) is 4.95. The lowest BCUT2D eigenvalue weighted by molar-refractivity contribution is 0.00578. The van der Waals surface area contributed by atoms with Crippen molar-refractivity contribution in [2.24, 2.45) is 0 Å². The lowest BCUT2D eigenvalue weighted by Crippen LogP contribution is -2.41. The number of nitriles is 1. The molecule has 0 spiro atoms. The zero-order chi connectivity index (χ0) is 14.6. The summed E-state index contributed by atoms with van der Waals surface area (Å²) in [5.74, 6) is 0. The predicted molar refractivity (Wildman–Crippen MR) is 78.7 cm³/mol. The van der Waals surface area contributed by atoms with E-state index >= 15 is 0 Å². The van der Waals surface area contributed by atoms with Crippen LogP contribution in [0.2, 0.25) is 0 Å². The van der Waals surface area contributed by atoms with E-state index in [1.54, 1.807) is 0 Å². The molecule has 2 fully saturated rings. The normalized spacial score (nSPS) is 25.2. The quantitative estimate of drug-likeness (QED) is 0.775. The highest BCUT2D eigenvalue weighted by Gasteiger charge is 2.52. The first-order valence-corrected chi connectivity index (χ1v) is 7.17. The molecule has 0 amide bonds. The maximum Gasteiger partial charge on any atom is 0.494 e. The third kappa shape index (κ3) is 1.97. The van der Waals surface area contributed by atoms with Gasteiger partial charge in [0.1, 0.15) is 0 Å². The van der Waals surface area contributed by atoms with Gasteiger partial charge in [0.2, 0.25) is 0 Å². The zero-order valence-electron chi connectivity index (χ0n) is 12.6. The lowest BCUT2D eigenvalue weighted by Gasteiger charge is -2.32. The molecule has 0 unspecified atom stereocenters. The van der Waals surface area contributed by atoms with Crippen molar-refractivity contribution in [3.8, 4) is 6.07 Å². The van der Waals surface area contributed by atoms with Gasteiger partial charge >= 0.3 is 7.12 Å². The largest absolute Gasteiger partial charge is 0.494 e. The lowest BCUT2D eigenvalue weighted by atomic mass is 9.78.